The highest BCUT2D eigenvalue weighted by Crippen LogP contribution is 2.30. The van der Waals surface area contributed by atoms with Gasteiger partial charge in [-0.3, -0.25) is 0 Å². The minimum absolute atomic E-state index is 0.281. The Labute approximate surface area is 67.4 Å². The zero-order valence-corrected chi connectivity index (χ0v) is 6.72. The molecule has 3 nitrogen and oxygen atoms in total. The van der Waals surface area contributed by atoms with Gasteiger partial charge in [0.25, 0.3) is 0 Å². The Kier molecular flexibility index (Phi) is 1.29. The van der Waals surface area contributed by atoms with Crippen molar-refractivity contribution >= 4 is 21.6 Å². The molecule has 1 N–H and O–H groups in total. The van der Waals surface area contributed by atoms with Crippen LogP contribution in [0, 0.1) is 6.92 Å². The Balaban J connectivity index is 2.96. The normalized spacial score (nSPS) is 10.6. The molecule has 0 spiro atoms. The molecule has 0 saturated heterocycles. The van der Waals surface area contributed by atoms with Gasteiger partial charge in [0.05, 0.1) is 11.1 Å². The summed E-state index contributed by atoms with van der Waals surface area (Å²) in [7, 11) is 0. The molecule has 2 heterocycles. The number of aryl methyl sites for hydroxylation is 1. The predicted octanol–water partition coefficient (Wildman–Crippen LogP) is 1.71. The molecule has 0 amide bonds. The topological polar surface area (TPSA) is 46.0 Å². The Bertz CT molecular complexity index is 396. The number of aromatic hydroxyl groups is 1. The lowest BCUT2D eigenvalue weighted by molar-refractivity contribution is 0.483. The summed E-state index contributed by atoms with van der Waals surface area (Å²) in [4.78, 5) is 8.83. The first-order valence-corrected chi connectivity index (χ1v) is 4.05. The molecule has 0 radical (unpaired) electrons. The summed E-state index contributed by atoms with van der Waals surface area (Å²) in [6.45, 7) is 1.86. The van der Waals surface area contributed by atoms with Crippen LogP contribution < -0.4 is 0 Å². The number of fused-ring (bicyclic) bond motifs is 1. The van der Waals surface area contributed by atoms with E-state index in [4.69, 9.17) is 0 Å². The van der Waals surface area contributed by atoms with Crippen molar-refractivity contribution in [2.75, 3.05) is 0 Å². The fourth-order valence-corrected chi connectivity index (χ4v) is 1.83. The van der Waals surface area contributed by atoms with Gasteiger partial charge in [-0.1, -0.05) is 0 Å². The van der Waals surface area contributed by atoms with Gasteiger partial charge < -0.3 is 5.11 Å². The number of rotatable bonds is 0. The van der Waals surface area contributed by atoms with Crippen molar-refractivity contribution in [3.05, 3.63) is 17.4 Å². The van der Waals surface area contributed by atoms with Crippen molar-refractivity contribution in [2.45, 2.75) is 6.92 Å². The van der Waals surface area contributed by atoms with Crippen LogP contribution in [0.2, 0.25) is 0 Å². The summed E-state index contributed by atoms with van der Waals surface area (Å²) in [5, 5.41) is 11.8. The van der Waals surface area contributed by atoms with Crippen LogP contribution >= 0.6 is 11.3 Å². The van der Waals surface area contributed by atoms with E-state index in [2.05, 4.69) is 9.97 Å². The minimum atomic E-state index is 0.281. The second-order valence-corrected chi connectivity index (χ2v) is 3.12. The lowest BCUT2D eigenvalue weighted by Crippen LogP contribution is -1.82. The molecule has 0 atom stereocenters. The fraction of sp³-hybridized carbons (Fsp3) is 0.143. The zero-order chi connectivity index (χ0) is 7.84. The van der Waals surface area contributed by atoms with Crippen molar-refractivity contribution < 1.29 is 5.11 Å². The maximum atomic E-state index is 9.32. The van der Waals surface area contributed by atoms with Crippen LogP contribution in [0.15, 0.2) is 11.7 Å². The van der Waals surface area contributed by atoms with Gasteiger partial charge in [0, 0.05) is 5.38 Å². The first kappa shape index (κ1) is 6.54. The molecule has 56 valence electrons. The van der Waals surface area contributed by atoms with E-state index in [-0.39, 0.29) is 5.75 Å². The molecule has 0 bridgehead atoms. The highest BCUT2D eigenvalue weighted by atomic mass is 32.1. The second-order valence-electron chi connectivity index (χ2n) is 2.26. The first-order valence-electron chi connectivity index (χ1n) is 3.17. The average Bonchev–Trinajstić information content (AvgIpc) is 2.34. The quantitative estimate of drug-likeness (QED) is 0.648. The van der Waals surface area contributed by atoms with Crippen LogP contribution in [0.25, 0.3) is 10.2 Å². The predicted molar refractivity (Wildman–Crippen MR) is 43.8 cm³/mol. The molecule has 2 rings (SSSR count). The van der Waals surface area contributed by atoms with Crippen LogP contribution in [0.1, 0.15) is 5.69 Å². The van der Waals surface area contributed by atoms with Gasteiger partial charge in [-0.25, -0.2) is 9.97 Å². The van der Waals surface area contributed by atoms with Gasteiger partial charge in [0.1, 0.15) is 16.9 Å². The van der Waals surface area contributed by atoms with Crippen molar-refractivity contribution in [3.63, 3.8) is 0 Å². The summed E-state index contributed by atoms with van der Waals surface area (Å²) in [5.74, 6) is 0.281. The summed E-state index contributed by atoms with van der Waals surface area (Å²) < 4.78 is 0. The van der Waals surface area contributed by atoms with E-state index >= 15 is 0 Å². The Morgan fingerprint density at radius 1 is 1.45 bits per heavy atom. The van der Waals surface area contributed by atoms with E-state index in [9.17, 15) is 5.11 Å². The van der Waals surface area contributed by atoms with Gasteiger partial charge in [0.2, 0.25) is 0 Å². The third-order valence-electron chi connectivity index (χ3n) is 1.54. The maximum Gasteiger partial charge on any atom is 0.137 e. The SMILES string of the molecule is Cc1ncnc2scc(O)c12. The third kappa shape index (κ3) is 0.867. The van der Waals surface area contributed by atoms with Crippen molar-refractivity contribution in [1.82, 2.24) is 9.97 Å². The monoisotopic (exact) mass is 166 g/mol. The van der Waals surface area contributed by atoms with E-state index in [1.807, 2.05) is 6.92 Å². The Morgan fingerprint density at radius 3 is 3.00 bits per heavy atom. The molecule has 4 heteroatoms. The fourth-order valence-electron chi connectivity index (χ4n) is 1.01. The smallest absolute Gasteiger partial charge is 0.137 e. The highest BCUT2D eigenvalue weighted by molar-refractivity contribution is 7.17. The van der Waals surface area contributed by atoms with Crippen LogP contribution in [-0.2, 0) is 0 Å². The van der Waals surface area contributed by atoms with Crippen molar-refractivity contribution in [1.29, 1.82) is 0 Å². The van der Waals surface area contributed by atoms with Gasteiger partial charge in [-0.05, 0) is 6.92 Å². The molecule has 0 saturated carbocycles. The number of hydrogen-bond donors (Lipinski definition) is 1. The molecule has 2 aromatic rings. The van der Waals surface area contributed by atoms with Crippen LogP contribution in [-0.4, -0.2) is 15.1 Å². The number of aromatic nitrogens is 2. The highest BCUT2D eigenvalue weighted by Gasteiger charge is 2.05. The first-order chi connectivity index (χ1) is 5.29. The molecule has 2 aromatic heterocycles. The lowest BCUT2D eigenvalue weighted by atomic mass is 10.3. The summed E-state index contributed by atoms with van der Waals surface area (Å²) in [6.07, 6.45) is 1.51. The Morgan fingerprint density at radius 2 is 2.27 bits per heavy atom. The van der Waals surface area contributed by atoms with Crippen molar-refractivity contribution in [2.24, 2.45) is 0 Å². The van der Waals surface area contributed by atoms with E-state index in [1.165, 1.54) is 17.7 Å². The molecule has 0 fully saturated rings. The molecule has 0 unspecified atom stereocenters. The molecule has 11 heavy (non-hydrogen) atoms. The minimum Gasteiger partial charge on any atom is -0.506 e. The van der Waals surface area contributed by atoms with Gasteiger partial charge in [-0.2, -0.15) is 0 Å². The molecule has 0 aliphatic carbocycles. The largest absolute Gasteiger partial charge is 0.506 e. The van der Waals surface area contributed by atoms with Gasteiger partial charge in [-0.15, -0.1) is 11.3 Å². The van der Waals surface area contributed by atoms with Crippen LogP contribution in [0.3, 0.4) is 0 Å². The number of hydrogen-bond acceptors (Lipinski definition) is 4. The molecule has 0 aromatic carbocycles. The maximum absolute atomic E-state index is 9.32. The number of nitrogens with zero attached hydrogens (tertiary/aromatic N) is 2. The van der Waals surface area contributed by atoms with E-state index < -0.39 is 0 Å². The molecule has 0 aliphatic rings. The third-order valence-corrected chi connectivity index (χ3v) is 2.41. The Hall–Kier alpha value is -1.16. The van der Waals surface area contributed by atoms with Crippen molar-refractivity contribution in [3.8, 4) is 5.75 Å². The molecule has 0 aliphatic heterocycles. The zero-order valence-electron chi connectivity index (χ0n) is 5.90. The standard InChI is InChI=1S/C7H6N2OS/c1-4-6-5(10)2-11-7(6)9-3-8-4/h2-3,10H,1H3. The van der Waals surface area contributed by atoms with Crippen LogP contribution in [0.4, 0.5) is 0 Å². The van der Waals surface area contributed by atoms with E-state index in [0.29, 0.717) is 0 Å². The van der Waals surface area contributed by atoms with Gasteiger partial charge >= 0.3 is 0 Å². The summed E-state index contributed by atoms with van der Waals surface area (Å²) in [5.41, 5.74) is 0.828. The second kappa shape index (κ2) is 2.17. The number of thiophene rings is 1. The van der Waals surface area contributed by atoms with Gasteiger partial charge in [0.15, 0.2) is 0 Å². The van der Waals surface area contributed by atoms with E-state index in [0.717, 1.165) is 15.9 Å². The van der Waals surface area contributed by atoms with E-state index in [1.54, 1.807) is 5.38 Å². The lowest BCUT2D eigenvalue weighted by Gasteiger charge is -1.92. The molecular weight excluding hydrogens is 160 g/mol. The molecular formula is C7H6N2OS. The summed E-state index contributed by atoms with van der Waals surface area (Å²) >= 11 is 1.43. The van der Waals surface area contributed by atoms with Crippen LogP contribution in [0.5, 0.6) is 5.75 Å². The average molecular weight is 166 g/mol. The summed E-state index contributed by atoms with van der Waals surface area (Å²) in [6, 6.07) is 0.